The molecule has 8 rings (SSSR count). The molecule has 4 heteroatoms. The molecule has 0 unspecified atom stereocenters. The first-order valence-corrected chi connectivity index (χ1v) is 13.2. The van der Waals surface area contributed by atoms with Gasteiger partial charge in [-0.3, -0.25) is 0 Å². The van der Waals surface area contributed by atoms with E-state index in [1.807, 2.05) is 42.5 Å². The zero-order valence-electron chi connectivity index (χ0n) is 21.4. The van der Waals surface area contributed by atoms with E-state index in [2.05, 4.69) is 84.9 Å². The highest BCUT2D eigenvalue weighted by Gasteiger charge is 2.16. The van der Waals surface area contributed by atoms with Crippen LogP contribution in [-0.4, -0.2) is 9.97 Å². The van der Waals surface area contributed by atoms with E-state index in [0.29, 0.717) is 11.6 Å². The van der Waals surface area contributed by atoms with Gasteiger partial charge in [0.25, 0.3) is 0 Å². The molecule has 0 aliphatic carbocycles. The summed E-state index contributed by atoms with van der Waals surface area (Å²) < 4.78 is 12.3. The Balaban J connectivity index is 1.28. The average molecular weight is 515 g/mol. The van der Waals surface area contributed by atoms with Gasteiger partial charge < -0.3 is 8.83 Å². The van der Waals surface area contributed by atoms with Gasteiger partial charge in [0.15, 0.2) is 11.6 Å². The molecule has 4 nitrogen and oxygen atoms in total. The predicted octanol–water partition coefficient (Wildman–Crippen LogP) is 9.79. The number of fused-ring (bicyclic) bond motifs is 5. The minimum atomic E-state index is 0.548. The Morgan fingerprint density at radius 2 is 1.02 bits per heavy atom. The summed E-state index contributed by atoms with van der Waals surface area (Å²) in [6, 6.07) is 43.4. The number of nitrogens with zero attached hydrogens (tertiary/aromatic N) is 2. The summed E-state index contributed by atoms with van der Waals surface area (Å²) in [5.74, 6) is 1.17. The van der Waals surface area contributed by atoms with Gasteiger partial charge in [0.05, 0.1) is 17.7 Å². The van der Waals surface area contributed by atoms with E-state index in [-0.39, 0.29) is 0 Å². The van der Waals surface area contributed by atoms with Gasteiger partial charge in [-0.25, -0.2) is 9.97 Å². The third-order valence-electron chi connectivity index (χ3n) is 7.40. The summed E-state index contributed by atoms with van der Waals surface area (Å²) in [4.78, 5) is 9.95. The van der Waals surface area contributed by atoms with E-state index in [1.165, 1.54) is 5.56 Å². The Bertz CT molecular complexity index is 2140. The minimum absolute atomic E-state index is 0.548. The maximum Gasteiger partial charge on any atom is 0.196 e. The van der Waals surface area contributed by atoms with Crippen LogP contribution in [0, 0.1) is 0 Å². The topological polar surface area (TPSA) is 52.1 Å². The van der Waals surface area contributed by atoms with Gasteiger partial charge in [0.2, 0.25) is 0 Å². The lowest BCUT2D eigenvalue weighted by molar-refractivity contribution is 0.618. The summed E-state index contributed by atoms with van der Waals surface area (Å²) >= 11 is 0. The van der Waals surface area contributed by atoms with Crippen molar-refractivity contribution in [1.82, 2.24) is 9.97 Å². The highest BCUT2D eigenvalue weighted by Crippen LogP contribution is 2.36. The maximum absolute atomic E-state index is 6.48. The zero-order chi connectivity index (χ0) is 26.5. The molecular formula is C36H22N2O2. The molecule has 0 aliphatic rings. The Kier molecular flexibility index (Phi) is 5.10. The molecule has 8 aromatic rings. The molecule has 40 heavy (non-hydrogen) atoms. The van der Waals surface area contributed by atoms with E-state index < -0.39 is 0 Å². The fourth-order valence-corrected chi connectivity index (χ4v) is 5.37. The van der Waals surface area contributed by atoms with Gasteiger partial charge in [-0.2, -0.15) is 0 Å². The lowest BCUT2D eigenvalue weighted by Gasteiger charge is -2.09. The highest BCUT2D eigenvalue weighted by molar-refractivity contribution is 6.14. The molecule has 0 amide bonds. The number of rotatable bonds is 4. The Labute approximate surface area is 230 Å². The number of aromatic nitrogens is 2. The summed E-state index contributed by atoms with van der Waals surface area (Å²) in [5, 5.41) is 4.09. The monoisotopic (exact) mass is 514 g/mol. The molecule has 0 radical (unpaired) electrons. The third-order valence-corrected chi connectivity index (χ3v) is 7.40. The van der Waals surface area contributed by atoms with Crippen molar-refractivity contribution < 1.29 is 8.83 Å². The van der Waals surface area contributed by atoms with Gasteiger partial charge in [-0.1, -0.05) is 97.1 Å². The Morgan fingerprint density at radius 1 is 0.450 bits per heavy atom. The molecule has 5 aromatic carbocycles. The van der Waals surface area contributed by atoms with E-state index in [0.717, 1.165) is 60.8 Å². The van der Waals surface area contributed by atoms with Crippen molar-refractivity contribution in [3.63, 3.8) is 0 Å². The fourth-order valence-electron chi connectivity index (χ4n) is 5.37. The first-order chi connectivity index (χ1) is 19.8. The summed E-state index contributed by atoms with van der Waals surface area (Å²) in [7, 11) is 0. The van der Waals surface area contributed by atoms with Crippen LogP contribution in [-0.2, 0) is 0 Å². The standard InChI is InChI=1S/C36H22N2O2/c1-3-7-23(8-4-1)24-11-13-26(14-12-24)32-22-31(25-9-5-2-6-10-25)37-36(38-32)33-21-28-16-18-29-30(35(28)40-33)17-15-27-19-20-39-34(27)29/h1-22H. The van der Waals surface area contributed by atoms with E-state index >= 15 is 0 Å². The normalized spacial score (nSPS) is 11.5. The third kappa shape index (κ3) is 3.77. The van der Waals surface area contributed by atoms with Crippen molar-refractivity contribution >= 4 is 32.7 Å². The second-order valence-electron chi connectivity index (χ2n) is 9.87. The van der Waals surface area contributed by atoms with Crippen molar-refractivity contribution in [3.8, 4) is 45.2 Å². The van der Waals surface area contributed by atoms with Crippen LogP contribution in [0.15, 0.2) is 142 Å². The van der Waals surface area contributed by atoms with Gasteiger partial charge in [-0.05, 0) is 41.5 Å². The first-order valence-electron chi connectivity index (χ1n) is 13.2. The van der Waals surface area contributed by atoms with E-state index in [1.54, 1.807) is 6.26 Å². The van der Waals surface area contributed by atoms with E-state index in [4.69, 9.17) is 18.8 Å². The van der Waals surface area contributed by atoms with Crippen molar-refractivity contribution in [1.29, 1.82) is 0 Å². The second-order valence-corrected chi connectivity index (χ2v) is 9.87. The molecule has 0 saturated carbocycles. The minimum Gasteiger partial charge on any atom is -0.464 e. The largest absolute Gasteiger partial charge is 0.464 e. The van der Waals surface area contributed by atoms with E-state index in [9.17, 15) is 0 Å². The van der Waals surface area contributed by atoms with Gasteiger partial charge in [0, 0.05) is 32.7 Å². The molecule has 3 aromatic heterocycles. The zero-order valence-corrected chi connectivity index (χ0v) is 21.4. The highest BCUT2D eigenvalue weighted by atomic mass is 16.3. The lowest BCUT2D eigenvalue weighted by atomic mass is 10.0. The molecule has 0 fully saturated rings. The van der Waals surface area contributed by atoms with Crippen LogP contribution in [0.5, 0.6) is 0 Å². The van der Waals surface area contributed by atoms with Crippen molar-refractivity contribution in [2.45, 2.75) is 0 Å². The van der Waals surface area contributed by atoms with Crippen LogP contribution in [0.25, 0.3) is 77.9 Å². The maximum atomic E-state index is 6.48. The smallest absolute Gasteiger partial charge is 0.196 e. The quantitative estimate of drug-likeness (QED) is 0.234. The number of hydrogen-bond acceptors (Lipinski definition) is 4. The molecule has 0 saturated heterocycles. The molecule has 0 aliphatic heterocycles. The molecule has 3 heterocycles. The molecule has 0 atom stereocenters. The Morgan fingerprint density at radius 3 is 1.75 bits per heavy atom. The SMILES string of the molecule is c1ccc(-c2ccc(-c3cc(-c4ccccc4)nc(-c4cc5ccc6c(ccc7ccoc76)c5o4)n3)cc2)cc1. The summed E-state index contributed by atoms with van der Waals surface area (Å²) in [5.41, 5.74) is 7.73. The van der Waals surface area contributed by atoms with Crippen LogP contribution < -0.4 is 0 Å². The fraction of sp³-hybridized carbons (Fsp3) is 0. The van der Waals surface area contributed by atoms with Gasteiger partial charge >= 0.3 is 0 Å². The van der Waals surface area contributed by atoms with Crippen LogP contribution in [0.3, 0.4) is 0 Å². The summed E-state index contributed by atoms with van der Waals surface area (Å²) in [6.07, 6.45) is 1.72. The summed E-state index contributed by atoms with van der Waals surface area (Å²) in [6.45, 7) is 0. The lowest BCUT2D eigenvalue weighted by Crippen LogP contribution is -1.95. The van der Waals surface area contributed by atoms with Gasteiger partial charge in [0.1, 0.15) is 11.2 Å². The first kappa shape index (κ1) is 22.5. The molecule has 188 valence electrons. The molecule has 0 N–H and O–H groups in total. The van der Waals surface area contributed by atoms with Crippen LogP contribution in [0.4, 0.5) is 0 Å². The number of furan rings is 2. The van der Waals surface area contributed by atoms with Crippen molar-refractivity contribution in [3.05, 3.63) is 134 Å². The average Bonchev–Trinajstić information content (AvgIpc) is 3.70. The second kappa shape index (κ2) is 9.07. The molecule has 0 spiro atoms. The van der Waals surface area contributed by atoms with Crippen molar-refractivity contribution in [2.24, 2.45) is 0 Å². The number of benzene rings is 5. The van der Waals surface area contributed by atoms with Crippen molar-refractivity contribution in [2.75, 3.05) is 0 Å². The number of hydrogen-bond donors (Lipinski definition) is 0. The van der Waals surface area contributed by atoms with Crippen LogP contribution >= 0.6 is 0 Å². The molecule has 0 bridgehead atoms. The van der Waals surface area contributed by atoms with Crippen LogP contribution in [0.2, 0.25) is 0 Å². The molecular weight excluding hydrogens is 492 g/mol. The van der Waals surface area contributed by atoms with Gasteiger partial charge in [-0.15, -0.1) is 0 Å². The van der Waals surface area contributed by atoms with Crippen LogP contribution in [0.1, 0.15) is 0 Å². The predicted molar refractivity (Wildman–Crippen MR) is 161 cm³/mol. The Hall–Kier alpha value is -5.48.